The van der Waals surface area contributed by atoms with Gasteiger partial charge >= 0.3 is 0 Å². The van der Waals surface area contributed by atoms with E-state index in [0.717, 1.165) is 18.8 Å². The Morgan fingerprint density at radius 1 is 1.26 bits per heavy atom. The number of thiocarbonyl (C=S) groups is 1. The molecule has 0 unspecified atom stereocenters. The van der Waals surface area contributed by atoms with E-state index in [1.165, 1.54) is 0 Å². The molecule has 7 nitrogen and oxygen atoms in total. The Morgan fingerprint density at radius 2 is 1.87 bits per heavy atom. The summed E-state index contributed by atoms with van der Waals surface area (Å²) in [6, 6.07) is 7.17. The van der Waals surface area contributed by atoms with Gasteiger partial charge in [-0.3, -0.25) is 10.2 Å². The number of nitrogens with one attached hydrogen (secondary N) is 1. The topological polar surface area (TPSA) is 83.2 Å². The van der Waals surface area contributed by atoms with Crippen LogP contribution in [0.15, 0.2) is 29.4 Å². The van der Waals surface area contributed by atoms with Crippen LogP contribution in [0, 0.1) is 0 Å². The fourth-order valence-electron chi connectivity index (χ4n) is 2.15. The van der Waals surface area contributed by atoms with E-state index in [-0.39, 0.29) is 16.6 Å². The molecule has 0 radical (unpaired) electrons. The smallest absolute Gasteiger partial charge is 0.277 e. The third-order valence-corrected chi connectivity index (χ3v) is 3.81. The van der Waals surface area contributed by atoms with E-state index in [1.807, 2.05) is 7.05 Å². The second-order valence-electron chi connectivity index (χ2n) is 5.26. The van der Waals surface area contributed by atoms with Gasteiger partial charge in [-0.2, -0.15) is 5.10 Å². The number of ether oxygens (including phenoxy) is 1. The molecule has 1 aliphatic rings. The van der Waals surface area contributed by atoms with Crippen LogP contribution in [0.25, 0.3) is 0 Å². The number of methoxy groups -OCH3 is 1. The zero-order valence-corrected chi connectivity index (χ0v) is 14.1. The maximum Gasteiger partial charge on any atom is 0.277 e. The van der Waals surface area contributed by atoms with Crippen LogP contribution in [-0.4, -0.2) is 66.7 Å². The number of likely N-dealkylation sites (N-methyl/N-ethyl adjacent to an activating group) is 1. The summed E-state index contributed by atoms with van der Waals surface area (Å²) in [4.78, 5) is 16.4. The molecular weight excluding hydrogens is 314 g/mol. The number of nitrogens with two attached hydrogens (primary N) is 1. The summed E-state index contributed by atoms with van der Waals surface area (Å²) < 4.78 is 5.09. The Kier molecular flexibility index (Phi) is 5.89. The molecule has 0 bridgehead atoms. The normalized spacial score (nSPS) is 16.1. The maximum atomic E-state index is 12.5. The Bertz CT molecular complexity index is 594. The highest BCUT2D eigenvalue weighted by Crippen LogP contribution is 2.15. The summed E-state index contributed by atoms with van der Waals surface area (Å²) in [6.45, 7) is 2.92. The Morgan fingerprint density at radius 3 is 2.39 bits per heavy atom. The number of carbonyl (C=O) groups excluding carboxylic acids is 1. The minimum atomic E-state index is -0.244. The third kappa shape index (κ3) is 4.64. The number of benzene rings is 1. The number of nitrogens with zero attached hydrogens (tertiary/aromatic N) is 3. The van der Waals surface area contributed by atoms with Crippen LogP contribution in [0.2, 0.25) is 0 Å². The average Bonchev–Trinajstić information content (AvgIpc) is 2.55. The van der Waals surface area contributed by atoms with Gasteiger partial charge in [0.15, 0.2) is 5.71 Å². The van der Waals surface area contributed by atoms with Gasteiger partial charge < -0.3 is 20.3 Å². The molecule has 1 aromatic rings. The van der Waals surface area contributed by atoms with Gasteiger partial charge in [0, 0.05) is 26.2 Å². The van der Waals surface area contributed by atoms with Crippen molar-refractivity contribution in [1.29, 1.82) is 0 Å². The first-order valence-corrected chi connectivity index (χ1v) is 7.67. The second-order valence-corrected chi connectivity index (χ2v) is 5.70. The van der Waals surface area contributed by atoms with Gasteiger partial charge in [0.1, 0.15) is 10.7 Å². The molecule has 3 N–H and O–H groups in total. The van der Waals surface area contributed by atoms with Crippen molar-refractivity contribution in [2.75, 3.05) is 45.8 Å². The van der Waals surface area contributed by atoms with Crippen molar-refractivity contribution in [2.45, 2.75) is 0 Å². The molecule has 8 heteroatoms. The molecule has 1 saturated heterocycles. The zero-order valence-electron chi connectivity index (χ0n) is 13.3. The van der Waals surface area contributed by atoms with Crippen LogP contribution in [0.5, 0.6) is 5.75 Å². The maximum absolute atomic E-state index is 12.5. The van der Waals surface area contributed by atoms with Gasteiger partial charge in [-0.25, -0.2) is 0 Å². The van der Waals surface area contributed by atoms with Crippen LogP contribution in [-0.2, 0) is 4.79 Å². The number of piperazine rings is 1. The van der Waals surface area contributed by atoms with E-state index in [4.69, 9.17) is 22.7 Å². The quantitative estimate of drug-likeness (QED) is 0.464. The summed E-state index contributed by atoms with van der Waals surface area (Å²) in [5.74, 6) is 0.495. The van der Waals surface area contributed by atoms with Crippen LogP contribution < -0.4 is 15.9 Å². The van der Waals surface area contributed by atoms with E-state index in [1.54, 1.807) is 36.3 Å². The second kappa shape index (κ2) is 7.89. The number of carbonyl (C=O) groups is 1. The van der Waals surface area contributed by atoms with Crippen molar-refractivity contribution in [3.63, 3.8) is 0 Å². The molecule has 124 valence electrons. The molecule has 0 saturated carbocycles. The van der Waals surface area contributed by atoms with E-state index < -0.39 is 0 Å². The number of hydrazone groups is 1. The van der Waals surface area contributed by atoms with Crippen molar-refractivity contribution in [3.8, 4) is 5.75 Å². The summed E-state index contributed by atoms with van der Waals surface area (Å²) in [6.07, 6.45) is 0. The molecule has 0 spiro atoms. The predicted octanol–water partition coefficient (Wildman–Crippen LogP) is 0.523. The molecule has 2 rings (SSSR count). The first-order valence-electron chi connectivity index (χ1n) is 7.26. The number of hydrogen-bond acceptors (Lipinski definition) is 6. The van der Waals surface area contributed by atoms with Crippen molar-refractivity contribution < 1.29 is 9.53 Å². The molecule has 0 aliphatic carbocycles. The van der Waals surface area contributed by atoms with E-state index in [2.05, 4.69) is 15.4 Å². The molecule has 1 aliphatic heterocycles. The first kappa shape index (κ1) is 17.2. The molecule has 1 aromatic carbocycles. The minimum Gasteiger partial charge on any atom is -0.497 e. The highest BCUT2D eigenvalue weighted by molar-refractivity contribution is 7.82. The molecule has 0 aromatic heterocycles. The van der Waals surface area contributed by atoms with Gasteiger partial charge in [-0.15, -0.1) is 0 Å². The average molecular weight is 335 g/mol. The van der Waals surface area contributed by atoms with Crippen molar-refractivity contribution in [2.24, 2.45) is 10.8 Å². The molecule has 1 amide bonds. The summed E-state index contributed by atoms with van der Waals surface area (Å²) >= 11 is 4.97. The van der Waals surface area contributed by atoms with Gasteiger partial charge in [0.05, 0.1) is 12.8 Å². The van der Waals surface area contributed by atoms with Crippen LogP contribution >= 0.6 is 12.2 Å². The van der Waals surface area contributed by atoms with E-state index >= 15 is 0 Å². The summed E-state index contributed by atoms with van der Waals surface area (Å²) in [5.41, 5.74) is 9.26. The molecule has 0 atom stereocenters. The first-order chi connectivity index (χ1) is 11.0. The van der Waals surface area contributed by atoms with Gasteiger partial charge in [0.25, 0.3) is 5.91 Å². The lowest BCUT2D eigenvalue weighted by Crippen LogP contribution is -2.51. The van der Waals surface area contributed by atoms with Crippen LogP contribution in [0.3, 0.4) is 0 Å². The monoisotopic (exact) mass is 335 g/mol. The van der Waals surface area contributed by atoms with Crippen LogP contribution in [0.4, 0.5) is 5.69 Å². The summed E-state index contributed by atoms with van der Waals surface area (Å²) in [5, 5.41) is 4.10. The number of rotatable bonds is 5. The van der Waals surface area contributed by atoms with Gasteiger partial charge in [0.2, 0.25) is 0 Å². The van der Waals surface area contributed by atoms with Gasteiger partial charge in [-0.1, -0.05) is 12.2 Å². The van der Waals surface area contributed by atoms with E-state index in [9.17, 15) is 4.79 Å². The highest BCUT2D eigenvalue weighted by Gasteiger charge is 2.25. The number of hydrogen-bond donors (Lipinski definition) is 2. The largest absolute Gasteiger partial charge is 0.497 e. The molecule has 1 fully saturated rings. The number of amides is 1. The van der Waals surface area contributed by atoms with Crippen molar-refractivity contribution >= 4 is 34.5 Å². The summed E-state index contributed by atoms with van der Waals surface area (Å²) in [7, 11) is 3.62. The Labute approximate surface area is 141 Å². The molecule has 23 heavy (non-hydrogen) atoms. The fraction of sp³-hybridized carbons (Fsp3) is 0.400. The Hall–Kier alpha value is -2.19. The van der Waals surface area contributed by atoms with Gasteiger partial charge in [-0.05, 0) is 31.3 Å². The standard InChI is InChI=1S/C15H21N5O2S/c1-19-7-9-20(10-8-19)15(21)13(14(16)23)18-17-11-3-5-12(22-2)6-4-11/h3-6,17H,7-10H2,1-2H3,(H2,16,23)/b18-13-. The van der Waals surface area contributed by atoms with Crippen molar-refractivity contribution in [1.82, 2.24) is 9.80 Å². The SMILES string of the molecule is COc1ccc(N/N=C(\C(=O)N2CCN(C)CC2)C(N)=S)cc1. The lowest BCUT2D eigenvalue weighted by atomic mass is 10.2. The fourth-order valence-corrected chi connectivity index (χ4v) is 2.29. The van der Waals surface area contributed by atoms with Crippen LogP contribution in [0.1, 0.15) is 0 Å². The van der Waals surface area contributed by atoms with E-state index in [0.29, 0.717) is 18.8 Å². The predicted molar refractivity (Wildman–Crippen MR) is 94.9 cm³/mol. The lowest BCUT2D eigenvalue weighted by molar-refractivity contribution is -0.125. The Balaban J connectivity index is 2.07. The molecule has 1 heterocycles. The van der Waals surface area contributed by atoms with Crippen molar-refractivity contribution in [3.05, 3.63) is 24.3 Å². The highest BCUT2D eigenvalue weighted by atomic mass is 32.1. The zero-order chi connectivity index (χ0) is 16.8. The third-order valence-electron chi connectivity index (χ3n) is 3.61. The minimum absolute atomic E-state index is 0.0186. The molecular formula is C15H21N5O2S. The lowest BCUT2D eigenvalue weighted by Gasteiger charge is -2.32. The number of anilines is 1.